The normalized spacial score (nSPS) is 10.7. The Labute approximate surface area is 178 Å². The van der Waals surface area contributed by atoms with Crippen LogP contribution >= 0.6 is 0 Å². The Kier molecular flexibility index (Phi) is 5.77. The van der Waals surface area contributed by atoms with Crippen LogP contribution in [0, 0.1) is 35.1 Å². The predicted molar refractivity (Wildman–Crippen MR) is 116 cm³/mol. The van der Waals surface area contributed by atoms with Gasteiger partial charge in [-0.25, -0.2) is 17.6 Å². The summed E-state index contributed by atoms with van der Waals surface area (Å²) in [6.45, 7) is 1.93. The Morgan fingerprint density at radius 3 is 2.10 bits per heavy atom. The van der Waals surface area contributed by atoms with E-state index in [1.54, 1.807) is 24.3 Å². The summed E-state index contributed by atoms with van der Waals surface area (Å²) in [6.07, 6.45) is 1.34. The van der Waals surface area contributed by atoms with Gasteiger partial charge in [0.05, 0.1) is 11.1 Å². The average molecular weight is 418 g/mol. The molecule has 0 nitrogen and oxygen atoms in total. The number of halogens is 4. The second-order valence-corrected chi connectivity index (χ2v) is 7.34. The standard InChI is InChI=1S/C27H18F4/c1-2-3-18-13-25(30)27(26(31)14-18)22-9-8-19(24(29)16-22)6-4-17-5-7-21-15-23(28)11-10-20(21)12-17/h5,7-16H,2-3H2,1H3. The highest BCUT2D eigenvalue weighted by molar-refractivity contribution is 5.84. The summed E-state index contributed by atoms with van der Waals surface area (Å²) in [7, 11) is 0. The minimum Gasteiger partial charge on any atom is -0.207 e. The fourth-order valence-corrected chi connectivity index (χ4v) is 3.54. The summed E-state index contributed by atoms with van der Waals surface area (Å²) < 4.78 is 56.8. The lowest BCUT2D eigenvalue weighted by atomic mass is 9.99. The van der Waals surface area contributed by atoms with E-state index in [0.717, 1.165) is 23.3 Å². The predicted octanol–water partition coefficient (Wildman–Crippen LogP) is 7.42. The molecule has 0 heterocycles. The van der Waals surface area contributed by atoms with E-state index in [9.17, 15) is 17.6 Å². The van der Waals surface area contributed by atoms with Crippen LogP contribution in [0.3, 0.4) is 0 Å². The molecule has 0 fully saturated rings. The van der Waals surface area contributed by atoms with Crippen LogP contribution in [-0.2, 0) is 6.42 Å². The van der Waals surface area contributed by atoms with E-state index in [1.165, 1.54) is 36.4 Å². The van der Waals surface area contributed by atoms with Gasteiger partial charge in [0.2, 0.25) is 0 Å². The SMILES string of the molecule is CCCc1cc(F)c(-c2ccc(C#Cc3ccc4cc(F)ccc4c3)c(F)c2)c(F)c1. The molecule has 0 saturated heterocycles. The lowest BCUT2D eigenvalue weighted by molar-refractivity contribution is 0.584. The summed E-state index contributed by atoms with van der Waals surface area (Å²) in [4.78, 5) is 0. The maximum absolute atomic E-state index is 14.6. The smallest absolute Gasteiger partial charge is 0.139 e. The molecule has 0 atom stereocenters. The van der Waals surface area contributed by atoms with Crippen LogP contribution < -0.4 is 0 Å². The molecule has 4 aromatic rings. The highest BCUT2D eigenvalue weighted by atomic mass is 19.1. The molecule has 4 heteroatoms. The van der Waals surface area contributed by atoms with E-state index >= 15 is 0 Å². The summed E-state index contributed by atoms with van der Waals surface area (Å²) in [5.41, 5.74) is 1.20. The molecule has 0 N–H and O–H groups in total. The highest BCUT2D eigenvalue weighted by Crippen LogP contribution is 2.29. The van der Waals surface area contributed by atoms with Crippen LogP contribution in [0.4, 0.5) is 17.6 Å². The molecule has 0 spiro atoms. The Balaban J connectivity index is 1.64. The van der Waals surface area contributed by atoms with Gasteiger partial charge in [0.1, 0.15) is 23.3 Å². The van der Waals surface area contributed by atoms with Crippen LogP contribution in [-0.4, -0.2) is 0 Å². The average Bonchev–Trinajstić information content (AvgIpc) is 2.73. The van der Waals surface area contributed by atoms with Gasteiger partial charge in [0.25, 0.3) is 0 Å². The second kappa shape index (κ2) is 8.65. The summed E-state index contributed by atoms with van der Waals surface area (Å²) in [5.74, 6) is 3.22. The van der Waals surface area contributed by atoms with Gasteiger partial charge in [-0.1, -0.05) is 43.4 Å². The Morgan fingerprint density at radius 1 is 0.677 bits per heavy atom. The largest absolute Gasteiger partial charge is 0.207 e. The Morgan fingerprint density at radius 2 is 1.39 bits per heavy atom. The molecular formula is C27H18F4. The molecule has 4 rings (SSSR count). The molecule has 0 saturated carbocycles. The first-order chi connectivity index (χ1) is 14.9. The van der Waals surface area contributed by atoms with Crippen molar-refractivity contribution in [3.63, 3.8) is 0 Å². The van der Waals surface area contributed by atoms with Crippen molar-refractivity contribution in [3.8, 4) is 23.0 Å². The molecule has 31 heavy (non-hydrogen) atoms. The summed E-state index contributed by atoms with van der Waals surface area (Å²) in [6, 6.07) is 16.2. The third-order valence-corrected chi connectivity index (χ3v) is 5.04. The number of hydrogen-bond donors (Lipinski definition) is 0. The fraction of sp³-hybridized carbons (Fsp3) is 0.111. The number of benzene rings is 4. The maximum atomic E-state index is 14.6. The monoisotopic (exact) mass is 418 g/mol. The molecule has 0 radical (unpaired) electrons. The first-order valence-electron chi connectivity index (χ1n) is 9.94. The van der Waals surface area contributed by atoms with Gasteiger partial charge < -0.3 is 0 Å². The molecule has 0 aliphatic carbocycles. The number of aryl methyl sites for hydroxylation is 1. The molecule has 0 aliphatic heterocycles. The fourth-order valence-electron chi connectivity index (χ4n) is 3.54. The van der Waals surface area contributed by atoms with Crippen molar-refractivity contribution in [2.24, 2.45) is 0 Å². The summed E-state index contributed by atoms with van der Waals surface area (Å²) >= 11 is 0. The van der Waals surface area contributed by atoms with E-state index < -0.39 is 17.5 Å². The molecule has 0 bridgehead atoms. The molecule has 0 unspecified atom stereocenters. The van der Waals surface area contributed by atoms with E-state index in [1.807, 2.05) is 6.92 Å². The van der Waals surface area contributed by atoms with Gasteiger partial charge in [0.15, 0.2) is 0 Å². The van der Waals surface area contributed by atoms with Crippen LogP contribution in [0.5, 0.6) is 0 Å². The van der Waals surface area contributed by atoms with Crippen molar-refractivity contribution >= 4 is 10.8 Å². The third kappa shape index (κ3) is 4.46. The molecule has 0 aromatic heterocycles. The van der Waals surface area contributed by atoms with Crippen molar-refractivity contribution in [1.82, 2.24) is 0 Å². The zero-order valence-electron chi connectivity index (χ0n) is 16.8. The number of rotatable bonds is 3. The van der Waals surface area contributed by atoms with Crippen LogP contribution in [0.25, 0.3) is 21.9 Å². The van der Waals surface area contributed by atoms with E-state index in [2.05, 4.69) is 11.8 Å². The van der Waals surface area contributed by atoms with Crippen molar-refractivity contribution < 1.29 is 17.6 Å². The number of fused-ring (bicyclic) bond motifs is 1. The van der Waals surface area contributed by atoms with Crippen molar-refractivity contribution in [2.45, 2.75) is 19.8 Å². The Bertz CT molecular complexity index is 1320. The second-order valence-electron chi connectivity index (χ2n) is 7.34. The lowest BCUT2D eigenvalue weighted by Gasteiger charge is -2.09. The third-order valence-electron chi connectivity index (χ3n) is 5.04. The van der Waals surface area contributed by atoms with Gasteiger partial charge >= 0.3 is 0 Å². The van der Waals surface area contributed by atoms with Crippen LogP contribution in [0.1, 0.15) is 30.0 Å². The Hall–Kier alpha value is -3.58. The molecule has 0 aliphatic rings. The molecule has 0 amide bonds. The minimum atomic E-state index is -0.714. The summed E-state index contributed by atoms with van der Waals surface area (Å²) in [5, 5.41) is 1.57. The van der Waals surface area contributed by atoms with Gasteiger partial charge in [-0.3, -0.25) is 0 Å². The first kappa shape index (κ1) is 20.7. The first-order valence-corrected chi connectivity index (χ1v) is 9.94. The van der Waals surface area contributed by atoms with Crippen molar-refractivity contribution in [2.75, 3.05) is 0 Å². The maximum Gasteiger partial charge on any atom is 0.139 e. The van der Waals surface area contributed by atoms with Gasteiger partial charge in [-0.15, -0.1) is 0 Å². The van der Waals surface area contributed by atoms with E-state index in [-0.39, 0.29) is 22.5 Å². The lowest BCUT2D eigenvalue weighted by Crippen LogP contribution is -1.96. The quantitative estimate of drug-likeness (QED) is 0.240. The van der Waals surface area contributed by atoms with E-state index in [0.29, 0.717) is 17.5 Å². The zero-order valence-corrected chi connectivity index (χ0v) is 16.8. The number of hydrogen-bond acceptors (Lipinski definition) is 0. The van der Waals surface area contributed by atoms with Crippen LogP contribution in [0.2, 0.25) is 0 Å². The minimum absolute atomic E-state index is 0.117. The molecule has 154 valence electrons. The highest BCUT2D eigenvalue weighted by Gasteiger charge is 2.15. The zero-order chi connectivity index (χ0) is 22.0. The van der Waals surface area contributed by atoms with Gasteiger partial charge in [0, 0.05) is 5.56 Å². The molecular weight excluding hydrogens is 400 g/mol. The van der Waals surface area contributed by atoms with Gasteiger partial charge in [-0.05, 0) is 76.9 Å². The van der Waals surface area contributed by atoms with E-state index in [4.69, 9.17) is 0 Å². The van der Waals surface area contributed by atoms with Gasteiger partial charge in [-0.2, -0.15) is 0 Å². The van der Waals surface area contributed by atoms with Crippen molar-refractivity contribution in [1.29, 1.82) is 0 Å². The van der Waals surface area contributed by atoms with Crippen molar-refractivity contribution in [3.05, 3.63) is 107 Å². The van der Waals surface area contributed by atoms with Crippen LogP contribution in [0.15, 0.2) is 66.7 Å². The molecule has 4 aromatic carbocycles. The topological polar surface area (TPSA) is 0 Å².